The van der Waals surface area contributed by atoms with Gasteiger partial charge in [0.25, 0.3) is 5.78 Å². The first-order chi connectivity index (χ1) is 9.69. The second-order valence-electron chi connectivity index (χ2n) is 3.86. The van der Waals surface area contributed by atoms with Gasteiger partial charge in [-0.05, 0) is 31.2 Å². The highest BCUT2D eigenvalue weighted by Gasteiger charge is 2.29. The molecule has 0 unspecified atom stereocenters. The molecule has 0 N–H and O–H groups in total. The summed E-state index contributed by atoms with van der Waals surface area (Å²) in [6.45, 7) is 1.75. The molecule has 0 atom stereocenters. The Labute approximate surface area is 121 Å². The van der Waals surface area contributed by atoms with Crippen LogP contribution in [0.15, 0.2) is 35.2 Å². The molecule has 0 saturated heterocycles. The van der Waals surface area contributed by atoms with Crippen LogP contribution < -0.4 is 0 Å². The van der Waals surface area contributed by atoms with Gasteiger partial charge >= 0.3 is 11.7 Å². The molecule has 1 rings (SSSR count). The van der Waals surface area contributed by atoms with E-state index in [1.165, 1.54) is 0 Å². The lowest BCUT2D eigenvalue weighted by atomic mass is 10.1. The number of carbonyl (C=O) groups excluding carboxylic acids is 2. The Kier molecular flexibility index (Phi) is 7.32. The number of nitrogens with zero attached hydrogens (tertiary/aromatic N) is 2. The number of ether oxygens (including phenoxy) is 1. The van der Waals surface area contributed by atoms with Crippen molar-refractivity contribution in [2.45, 2.75) is 24.7 Å². The van der Waals surface area contributed by atoms with Crippen LogP contribution in [0.1, 0.15) is 19.8 Å². The van der Waals surface area contributed by atoms with Crippen molar-refractivity contribution in [1.82, 2.24) is 0 Å². The summed E-state index contributed by atoms with van der Waals surface area (Å²) in [6, 6.07) is 9.82. The van der Waals surface area contributed by atoms with Crippen LogP contribution in [-0.4, -0.2) is 34.6 Å². The van der Waals surface area contributed by atoms with Gasteiger partial charge in [0, 0.05) is 11.3 Å². The van der Waals surface area contributed by atoms with Gasteiger partial charge in [0.1, 0.15) is 0 Å². The highest BCUT2D eigenvalue weighted by molar-refractivity contribution is 7.99. The Morgan fingerprint density at radius 3 is 2.60 bits per heavy atom. The molecular formula is C14H16N2O3S. The Morgan fingerprint density at radius 1 is 1.30 bits per heavy atom. The fourth-order valence-corrected chi connectivity index (χ4v) is 2.34. The van der Waals surface area contributed by atoms with Crippen molar-refractivity contribution in [3.63, 3.8) is 0 Å². The van der Waals surface area contributed by atoms with Gasteiger partial charge in [-0.2, -0.15) is 4.79 Å². The van der Waals surface area contributed by atoms with Crippen molar-refractivity contribution < 1.29 is 19.1 Å². The molecular weight excluding hydrogens is 276 g/mol. The number of hydrogen-bond donors (Lipinski definition) is 0. The number of thioether (sulfide) groups is 1. The number of ketones is 1. The third kappa shape index (κ3) is 5.38. The highest BCUT2D eigenvalue weighted by atomic mass is 32.2. The monoisotopic (exact) mass is 292 g/mol. The number of rotatable bonds is 8. The average Bonchev–Trinajstić information content (AvgIpc) is 2.46. The minimum Gasteiger partial charge on any atom is -0.457 e. The van der Waals surface area contributed by atoms with E-state index in [9.17, 15) is 9.59 Å². The van der Waals surface area contributed by atoms with Gasteiger partial charge in [-0.25, -0.2) is 4.79 Å². The van der Waals surface area contributed by atoms with Crippen LogP contribution in [0.2, 0.25) is 0 Å². The Bertz CT molecular complexity index is 510. The second kappa shape index (κ2) is 9.07. The topological polar surface area (TPSA) is 79.8 Å². The molecule has 0 amide bonds. The lowest BCUT2D eigenvalue weighted by Crippen LogP contribution is -2.27. The largest absolute Gasteiger partial charge is 0.457 e. The van der Waals surface area contributed by atoms with Crippen molar-refractivity contribution >= 4 is 29.2 Å². The molecule has 0 aliphatic rings. The maximum absolute atomic E-state index is 11.7. The average molecular weight is 292 g/mol. The van der Waals surface area contributed by atoms with Crippen LogP contribution in [0, 0.1) is 0 Å². The van der Waals surface area contributed by atoms with Crippen molar-refractivity contribution in [2.24, 2.45) is 0 Å². The van der Waals surface area contributed by atoms with E-state index in [1.807, 2.05) is 30.3 Å². The summed E-state index contributed by atoms with van der Waals surface area (Å²) in [5.41, 5.74) is 8.16. The van der Waals surface area contributed by atoms with Gasteiger partial charge in [0.2, 0.25) is 0 Å². The van der Waals surface area contributed by atoms with Crippen LogP contribution in [0.5, 0.6) is 0 Å². The minimum absolute atomic E-state index is 0.134. The Morgan fingerprint density at radius 2 is 2.00 bits per heavy atom. The summed E-state index contributed by atoms with van der Waals surface area (Å²) in [5.74, 6) is -0.632. The van der Waals surface area contributed by atoms with Gasteiger partial charge in [0.15, 0.2) is 0 Å². The Hall–Kier alpha value is -1.91. The van der Waals surface area contributed by atoms with E-state index >= 15 is 0 Å². The molecule has 0 radical (unpaired) electrons. The smallest absolute Gasteiger partial charge is 0.441 e. The summed E-state index contributed by atoms with van der Waals surface area (Å²) in [5, 5.41) is 0. The molecule has 1 aromatic carbocycles. The van der Waals surface area contributed by atoms with Gasteiger partial charge < -0.3 is 10.3 Å². The van der Waals surface area contributed by atoms with Crippen LogP contribution >= 0.6 is 11.8 Å². The number of Topliss-reactive ketones (excluding diaryl/α,β-unsaturated/α-hetero) is 1. The van der Waals surface area contributed by atoms with Gasteiger partial charge in [0.05, 0.1) is 6.61 Å². The summed E-state index contributed by atoms with van der Waals surface area (Å²) >= 11 is 1.63. The number of hydrogen-bond acceptors (Lipinski definition) is 4. The quantitative estimate of drug-likeness (QED) is 0.140. The van der Waals surface area contributed by atoms with Crippen molar-refractivity contribution in [1.29, 1.82) is 0 Å². The molecule has 20 heavy (non-hydrogen) atoms. The fraction of sp³-hybridized carbons (Fsp3) is 0.357. The summed E-state index contributed by atoms with van der Waals surface area (Å²) in [7, 11) is 0. The lowest BCUT2D eigenvalue weighted by Gasteiger charge is -2.00. The third-order valence-corrected chi connectivity index (χ3v) is 3.49. The van der Waals surface area contributed by atoms with Crippen LogP contribution in [-0.2, 0) is 14.3 Å². The molecule has 6 heteroatoms. The SMILES string of the molecule is CCOC(=O)C(=[N+]=[N-])C(=O)CCCSc1ccccc1. The van der Waals surface area contributed by atoms with E-state index in [4.69, 9.17) is 5.53 Å². The van der Waals surface area contributed by atoms with Gasteiger partial charge in [-0.3, -0.25) is 4.79 Å². The van der Waals surface area contributed by atoms with Gasteiger partial charge in [-0.1, -0.05) is 18.2 Å². The highest BCUT2D eigenvalue weighted by Crippen LogP contribution is 2.18. The normalized spacial score (nSPS) is 9.65. The van der Waals surface area contributed by atoms with E-state index in [0.717, 1.165) is 10.6 Å². The molecule has 0 aliphatic carbocycles. The van der Waals surface area contributed by atoms with Crippen LogP contribution in [0.25, 0.3) is 5.53 Å². The number of esters is 1. The van der Waals surface area contributed by atoms with E-state index < -0.39 is 17.5 Å². The zero-order chi connectivity index (χ0) is 14.8. The predicted octanol–water partition coefficient (Wildman–Crippen LogP) is 2.36. The summed E-state index contributed by atoms with van der Waals surface area (Å²) in [4.78, 5) is 26.9. The second-order valence-corrected chi connectivity index (χ2v) is 5.03. The maximum atomic E-state index is 11.7. The first-order valence-corrected chi connectivity index (χ1v) is 7.27. The van der Waals surface area contributed by atoms with Crippen molar-refractivity contribution in [3.05, 3.63) is 35.9 Å². The first kappa shape index (κ1) is 16.1. The number of benzene rings is 1. The van der Waals surface area contributed by atoms with E-state index in [0.29, 0.717) is 6.42 Å². The van der Waals surface area contributed by atoms with Crippen LogP contribution in [0.4, 0.5) is 0 Å². The third-order valence-electron chi connectivity index (χ3n) is 2.39. The van der Waals surface area contributed by atoms with Crippen molar-refractivity contribution in [3.8, 4) is 0 Å². The molecule has 0 saturated carbocycles. The first-order valence-electron chi connectivity index (χ1n) is 6.29. The molecule has 0 aliphatic heterocycles. The standard InChI is InChI=1S/C14H16N2O3S/c1-2-19-14(18)13(16-15)12(17)9-6-10-20-11-7-4-3-5-8-11/h3-5,7-8H,2,6,9-10H2,1H3. The van der Waals surface area contributed by atoms with E-state index in [-0.39, 0.29) is 13.0 Å². The summed E-state index contributed by atoms with van der Waals surface area (Å²) < 4.78 is 4.64. The summed E-state index contributed by atoms with van der Waals surface area (Å²) in [6.07, 6.45) is 0.745. The van der Waals surface area contributed by atoms with E-state index in [2.05, 4.69) is 9.53 Å². The fourth-order valence-electron chi connectivity index (χ4n) is 1.47. The van der Waals surface area contributed by atoms with Gasteiger partial charge in [-0.15, -0.1) is 11.8 Å². The number of carbonyl (C=O) groups is 2. The lowest BCUT2D eigenvalue weighted by molar-refractivity contribution is -0.141. The molecule has 1 aromatic rings. The molecule has 0 bridgehead atoms. The molecule has 5 nitrogen and oxygen atoms in total. The maximum Gasteiger partial charge on any atom is 0.441 e. The molecule has 0 heterocycles. The molecule has 0 aromatic heterocycles. The zero-order valence-corrected chi connectivity index (χ0v) is 12.1. The predicted molar refractivity (Wildman–Crippen MR) is 76.7 cm³/mol. The van der Waals surface area contributed by atoms with E-state index in [1.54, 1.807) is 18.7 Å². The van der Waals surface area contributed by atoms with Crippen molar-refractivity contribution in [2.75, 3.05) is 12.4 Å². The van der Waals surface area contributed by atoms with Crippen LogP contribution in [0.3, 0.4) is 0 Å². The molecule has 0 fully saturated rings. The minimum atomic E-state index is -0.879. The zero-order valence-electron chi connectivity index (χ0n) is 11.2. The molecule has 106 valence electrons. The Balaban J connectivity index is 2.36. The molecule has 0 spiro atoms.